The molecule has 0 spiro atoms. The van der Waals surface area contributed by atoms with E-state index in [1.54, 1.807) is 23.3 Å². The summed E-state index contributed by atoms with van der Waals surface area (Å²) in [6.45, 7) is 4.83. The predicted molar refractivity (Wildman–Crippen MR) is 91.5 cm³/mol. The lowest BCUT2D eigenvalue weighted by molar-refractivity contribution is -0.150. The van der Waals surface area contributed by atoms with E-state index in [0.29, 0.717) is 6.54 Å². The molecular weight excluding hydrogens is 356 g/mol. The second kappa shape index (κ2) is 9.90. The van der Waals surface area contributed by atoms with Crippen LogP contribution in [0.2, 0.25) is 0 Å². The number of hydrogen-bond donors (Lipinski definition) is 0. The number of hydrogen-bond acceptors (Lipinski definition) is 8. The Morgan fingerprint density at radius 2 is 1.78 bits per heavy atom. The molecule has 0 aliphatic rings. The molecule has 1 unspecified atom stereocenters. The first-order valence-electron chi connectivity index (χ1n) is 8.08. The monoisotopic (exact) mass is 376 g/mol. The standard InChI is InChI=1S/C17H20N4O6/c1-13(2)16(23)26-10-14(27-17(24)21-8-5-19-12-21)9-25-15(22)3-6-20-7-4-18-11-20/h4-5,7-8,11-12,14H,1,3,6,9-10H2,2H3. The lowest BCUT2D eigenvalue weighted by Gasteiger charge is -2.18. The van der Waals surface area contributed by atoms with Gasteiger partial charge in [-0.3, -0.25) is 4.79 Å². The Hall–Kier alpha value is -3.43. The first kappa shape index (κ1) is 19.9. The summed E-state index contributed by atoms with van der Waals surface area (Å²) in [5.74, 6) is -1.12. The van der Waals surface area contributed by atoms with Crippen molar-refractivity contribution in [2.45, 2.75) is 26.0 Å². The predicted octanol–water partition coefficient (Wildman–Crippen LogP) is 1.19. The number of rotatable bonds is 9. The first-order chi connectivity index (χ1) is 13.0. The van der Waals surface area contributed by atoms with Crippen LogP contribution in [-0.2, 0) is 30.3 Å². The van der Waals surface area contributed by atoms with Gasteiger partial charge in [-0.05, 0) is 6.92 Å². The van der Waals surface area contributed by atoms with Gasteiger partial charge in [0, 0.05) is 36.9 Å². The molecule has 27 heavy (non-hydrogen) atoms. The second-order valence-electron chi connectivity index (χ2n) is 5.59. The van der Waals surface area contributed by atoms with Crippen molar-refractivity contribution in [1.82, 2.24) is 19.1 Å². The molecule has 0 saturated heterocycles. The van der Waals surface area contributed by atoms with E-state index in [4.69, 9.17) is 14.2 Å². The highest BCUT2D eigenvalue weighted by atomic mass is 16.6. The van der Waals surface area contributed by atoms with Crippen LogP contribution in [0.1, 0.15) is 13.3 Å². The van der Waals surface area contributed by atoms with Crippen LogP contribution >= 0.6 is 0 Å². The molecule has 1 atom stereocenters. The summed E-state index contributed by atoms with van der Waals surface area (Å²) in [5.41, 5.74) is 0.201. The van der Waals surface area contributed by atoms with Crippen LogP contribution in [0, 0.1) is 0 Å². The van der Waals surface area contributed by atoms with Crippen LogP contribution < -0.4 is 0 Å². The summed E-state index contributed by atoms with van der Waals surface area (Å²) in [6, 6.07) is 0. The van der Waals surface area contributed by atoms with Crippen molar-refractivity contribution in [2.75, 3.05) is 13.2 Å². The van der Waals surface area contributed by atoms with Crippen LogP contribution in [0.25, 0.3) is 0 Å². The molecule has 144 valence electrons. The van der Waals surface area contributed by atoms with E-state index in [1.165, 1.54) is 25.6 Å². The Labute approximate surface area is 155 Å². The molecule has 0 aliphatic carbocycles. The molecule has 0 saturated carbocycles. The number of carbonyl (C=O) groups excluding carboxylic acids is 3. The number of nitrogens with zero attached hydrogens (tertiary/aromatic N) is 4. The molecular formula is C17H20N4O6. The third-order valence-electron chi connectivity index (χ3n) is 3.30. The molecule has 2 heterocycles. The Morgan fingerprint density at radius 1 is 1.07 bits per heavy atom. The molecule has 0 radical (unpaired) electrons. The summed E-state index contributed by atoms with van der Waals surface area (Å²) in [5, 5.41) is 0. The van der Waals surface area contributed by atoms with Gasteiger partial charge in [-0.2, -0.15) is 0 Å². The summed E-state index contributed by atoms with van der Waals surface area (Å²) in [7, 11) is 0. The molecule has 2 aromatic rings. The normalized spacial score (nSPS) is 11.4. The molecule has 10 nitrogen and oxygen atoms in total. The fourth-order valence-corrected chi connectivity index (χ4v) is 1.88. The van der Waals surface area contributed by atoms with Gasteiger partial charge in [0.1, 0.15) is 19.5 Å². The van der Waals surface area contributed by atoms with E-state index in [-0.39, 0.29) is 25.2 Å². The van der Waals surface area contributed by atoms with E-state index < -0.39 is 24.1 Å². The van der Waals surface area contributed by atoms with Gasteiger partial charge in [-0.1, -0.05) is 6.58 Å². The minimum atomic E-state index is -0.972. The Morgan fingerprint density at radius 3 is 2.41 bits per heavy atom. The van der Waals surface area contributed by atoms with Crippen molar-refractivity contribution in [2.24, 2.45) is 0 Å². The summed E-state index contributed by atoms with van der Waals surface area (Å²) in [6.07, 6.45) is 7.39. The molecule has 2 rings (SSSR count). The zero-order valence-electron chi connectivity index (χ0n) is 14.8. The van der Waals surface area contributed by atoms with Crippen LogP contribution in [0.4, 0.5) is 4.79 Å². The number of imidazole rings is 2. The lowest BCUT2D eigenvalue weighted by atomic mass is 10.3. The van der Waals surface area contributed by atoms with E-state index >= 15 is 0 Å². The smallest absolute Gasteiger partial charge is 0.419 e. The van der Waals surface area contributed by atoms with Gasteiger partial charge in [0.15, 0.2) is 6.10 Å². The average molecular weight is 376 g/mol. The average Bonchev–Trinajstić information content (AvgIpc) is 3.35. The molecule has 2 aromatic heterocycles. The minimum absolute atomic E-state index is 0.115. The van der Waals surface area contributed by atoms with Crippen molar-refractivity contribution in [3.63, 3.8) is 0 Å². The first-order valence-corrected chi connectivity index (χ1v) is 8.08. The molecule has 0 fully saturated rings. The number of esters is 2. The molecule has 0 bridgehead atoms. The van der Waals surface area contributed by atoms with Gasteiger partial charge in [-0.25, -0.2) is 24.1 Å². The maximum absolute atomic E-state index is 12.0. The van der Waals surface area contributed by atoms with Crippen molar-refractivity contribution < 1.29 is 28.6 Å². The van der Waals surface area contributed by atoms with E-state index in [9.17, 15) is 14.4 Å². The number of aryl methyl sites for hydroxylation is 1. The molecule has 0 aliphatic heterocycles. The minimum Gasteiger partial charge on any atom is -0.462 e. The Balaban J connectivity index is 1.85. The fourth-order valence-electron chi connectivity index (χ4n) is 1.88. The van der Waals surface area contributed by atoms with Crippen LogP contribution in [0.5, 0.6) is 0 Å². The molecule has 0 N–H and O–H groups in total. The number of ether oxygens (including phenoxy) is 3. The van der Waals surface area contributed by atoms with Crippen molar-refractivity contribution in [1.29, 1.82) is 0 Å². The van der Waals surface area contributed by atoms with Crippen LogP contribution in [0.3, 0.4) is 0 Å². The fraction of sp³-hybridized carbons (Fsp3) is 0.353. The van der Waals surface area contributed by atoms with Gasteiger partial charge in [0.2, 0.25) is 0 Å². The Kier molecular flexibility index (Phi) is 7.29. The summed E-state index contributed by atoms with van der Waals surface area (Å²) < 4.78 is 18.2. The van der Waals surface area contributed by atoms with E-state index in [2.05, 4.69) is 16.5 Å². The van der Waals surface area contributed by atoms with Gasteiger partial charge < -0.3 is 18.8 Å². The maximum Gasteiger partial charge on any atom is 0.419 e. The van der Waals surface area contributed by atoms with Gasteiger partial charge in [-0.15, -0.1) is 0 Å². The van der Waals surface area contributed by atoms with Crippen molar-refractivity contribution in [3.05, 3.63) is 49.6 Å². The highest BCUT2D eigenvalue weighted by Crippen LogP contribution is 2.03. The Bertz CT molecular complexity index is 769. The van der Waals surface area contributed by atoms with Gasteiger partial charge in [0.05, 0.1) is 12.7 Å². The molecule has 10 heteroatoms. The van der Waals surface area contributed by atoms with Crippen molar-refractivity contribution >= 4 is 18.0 Å². The third kappa shape index (κ3) is 6.77. The zero-order valence-corrected chi connectivity index (χ0v) is 14.8. The van der Waals surface area contributed by atoms with Crippen LogP contribution in [0.15, 0.2) is 49.6 Å². The highest BCUT2D eigenvalue weighted by Gasteiger charge is 2.20. The molecule has 0 aromatic carbocycles. The largest absolute Gasteiger partial charge is 0.462 e. The SMILES string of the molecule is C=C(C)C(=O)OCC(COC(=O)CCn1ccnc1)OC(=O)n1ccnc1. The summed E-state index contributed by atoms with van der Waals surface area (Å²) >= 11 is 0. The maximum atomic E-state index is 12.0. The zero-order chi connectivity index (χ0) is 19.6. The molecule has 0 amide bonds. The highest BCUT2D eigenvalue weighted by molar-refractivity contribution is 5.86. The van der Waals surface area contributed by atoms with Gasteiger partial charge in [0.25, 0.3) is 0 Å². The number of aromatic nitrogens is 4. The third-order valence-corrected chi connectivity index (χ3v) is 3.30. The second-order valence-corrected chi connectivity index (χ2v) is 5.59. The topological polar surface area (TPSA) is 115 Å². The number of carbonyl (C=O) groups is 3. The summed E-state index contributed by atoms with van der Waals surface area (Å²) in [4.78, 5) is 43.0. The van der Waals surface area contributed by atoms with Crippen LogP contribution in [-0.4, -0.2) is 56.5 Å². The van der Waals surface area contributed by atoms with Gasteiger partial charge >= 0.3 is 18.0 Å². The quantitative estimate of drug-likeness (QED) is 0.364. The van der Waals surface area contributed by atoms with E-state index in [0.717, 1.165) is 4.57 Å². The van der Waals surface area contributed by atoms with E-state index in [1.807, 2.05) is 0 Å². The van der Waals surface area contributed by atoms with Crippen molar-refractivity contribution in [3.8, 4) is 0 Å². The lowest BCUT2D eigenvalue weighted by Crippen LogP contribution is -2.32.